The third-order valence-corrected chi connectivity index (χ3v) is 1.74. The molecule has 0 aliphatic rings. The highest BCUT2D eigenvalue weighted by Crippen LogP contribution is 2.26. The molecule has 0 aliphatic heterocycles. The summed E-state index contributed by atoms with van der Waals surface area (Å²) >= 11 is 0. The van der Waals surface area contributed by atoms with Crippen molar-refractivity contribution in [1.29, 1.82) is 0 Å². The third-order valence-electron chi connectivity index (χ3n) is 1.74. The normalized spacial score (nSPS) is 12.0. The molecule has 1 heterocycles. The molecular weight excluding hydrogens is 176 g/mol. The van der Waals surface area contributed by atoms with Crippen LogP contribution in [0.5, 0.6) is 0 Å². The second-order valence-corrected chi connectivity index (χ2v) is 2.97. The van der Waals surface area contributed by atoms with Gasteiger partial charge in [-0.1, -0.05) is 0 Å². The number of nitrogens with zero attached hydrogens (tertiary/aromatic N) is 2. The Hall–Kier alpha value is -0.970. The van der Waals surface area contributed by atoms with Crippen LogP contribution in [-0.2, 0) is 12.5 Å². The van der Waals surface area contributed by atoms with Crippen LogP contribution in [0.3, 0.4) is 0 Å². The Morgan fingerprint density at radius 2 is 2.31 bits per heavy atom. The monoisotopic (exact) mass is 189 g/mol. The van der Waals surface area contributed by atoms with Gasteiger partial charge in [0, 0.05) is 19.7 Å². The van der Waals surface area contributed by atoms with E-state index in [9.17, 15) is 8.78 Å². The summed E-state index contributed by atoms with van der Waals surface area (Å²) in [5.74, 6) is -2.83. The van der Waals surface area contributed by atoms with Crippen LogP contribution in [0.15, 0.2) is 12.3 Å². The lowest BCUT2D eigenvalue weighted by Gasteiger charge is -2.12. The molecular formula is C8H13F2N3. The summed E-state index contributed by atoms with van der Waals surface area (Å²) < 4.78 is 27.1. The summed E-state index contributed by atoms with van der Waals surface area (Å²) in [4.78, 5) is 0. The Kier molecular flexibility index (Phi) is 2.98. The lowest BCUT2D eigenvalue weighted by Crippen LogP contribution is -2.17. The second-order valence-electron chi connectivity index (χ2n) is 2.97. The van der Waals surface area contributed by atoms with Crippen LogP contribution in [0.25, 0.3) is 0 Å². The highest BCUT2D eigenvalue weighted by atomic mass is 19.3. The van der Waals surface area contributed by atoms with Gasteiger partial charge in [0.25, 0.3) is 5.92 Å². The molecule has 13 heavy (non-hydrogen) atoms. The first-order valence-electron chi connectivity index (χ1n) is 4.16. The van der Waals surface area contributed by atoms with E-state index in [1.165, 1.54) is 16.9 Å². The molecule has 0 radical (unpaired) electrons. The van der Waals surface area contributed by atoms with E-state index in [0.29, 0.717) is 19.5 Å². The lowest BCUT2D eigenvalue weighted by atomic mass is 10.2. The van der Waals surface area contributed by atoms with Crippen LogP contribution < -0.4 is 5.73 Å². The highest BCUT2D eigenvalue weighted by Gasteiger charge is 2.28. The van der Waals surface area contributed by atoms with Crippen molar-refractivity contribution in [3.05, 3.63) is 18.0 Å². The van der Waals surface area contributed by atoms with Gasteiger partial charge in [-0.3, -0.25) is 4.68 Å². The number of halogens is 2. The molecule has 0 amide bonds. The zero-order valence-corrected chi connectivity index (χ0v) is 7.50. The molecule has 0 aromatic carbocycles. The number of hydrogen-bond acceptors (Lipinski definition) is 2. The quantitative estimate of drug-likeness (QED) is 0.776. The maximum atomic E-state index is 12.9. The van der Waals surface area contributed by atoms with Crippen molar-refractivity contribution in [2.24, 2.45) is 5.73 Å². The second kappa shape index (κ2) is 3.83. The molecule has 0 unspecified atom stereocenters. The number of aryl methyl sites for hydroxylation is 1. The van der Waals surface area contributed by atoms with Crippen molar-refractivity contribution in [2.75, 3.05) is 6.54 Å². The first kappa shape index (κ1) is 10.1. The molecule has 1 rings (SSSR count). The molecule has 0 aliphatic carbocycles. The summed E-state index contributed by atoms with van der Waals surface area (Å²) in [5.41, 5.74) is 5.22. The fourth-order valence-corrected chi connectivity index (χ4v) is 1.12. The number of aromatic nitrogens is 2. The van der Waals surface area contributed by atoms with Gasteiger partial charge >= 0.3 is 0 Å². The van der Waals surface area contributed by atoms with E-state index in [-0.39, 0.29) is 5.69 Å². The average Bonchev–Trinajstić information content (AvgIpc) is 2.47. The molecule has 5 heteroatoms. The first-order chi connectivity index (χ1) is 6.05. The molecule has 1 aromatic rings. The van der Waals surface area contributed by atoms with Gasteiger partial charge in [-0.2, -0.15) is 13.9 Å². The van der Waals surface area contributed by atoms with E-state index in [0.717, 1.165) is 6.92 Å². The molecule has 0 bridgehead atoms. The predicted octanol–water partition coefficient (Wildman–Crippen LogP) is 1.34. The summed E-state index contributed by atoms with van der Waals surface area (Å²) in [6.07, 6.45) is 2.04. The molecule has 0 spiro atoms. The van der Waals surface area contributed by atoms with Crippen molar-refractivity contribution in [1.82, 2.24) is 9.78 Å². The zero-order valence-electron chi connectivity index (χ0n) is 7.50. The van der Waals surface area contributed by atoms with Crippen molar-refractivity contribution in [2.45, 2.75) is 25.8 Å². The van der Waals surface area contributed by atoms with Crippen molar-refractivity contribution < 1.29 is 8.78 Å². The van der Waals surface area contributed by atoms with Gasteiger partial charge in [0.15, 0.2) is 0 Å². The molecule has 2 N–H and O–H groups in total. The van der Waals surface area contributed by atoms with E-state index >= 15 is 0 Å². The largest absolute Gasteiger partial charge is 0.330 e. The van der Waals surface area contributed by atoms with Crippen LogP contribution in [0.2, 0.25) is 0 Å². The Bertz CT molecular complexity index is 265. The van der Waals surface area contributed by atoms with Gasteiger partial charge < -0.3 is 5.73 Å². The van der Waals surface area contributed by atoms with Crippen LogP contribution in [0.1, 0.15) is 19.0 Å². The lowest BCUT2D eigenvalue weighted by molar-refractivity contribution is 0.00767. The number of rotatable bonds is 4. The minimum atomic E-state index is -2.83. The minimum Gasteiger partial charge on any atom is -0.330 e. The van der Waals surface area contributed by atoms with E-state index < -0.39 is 5.92 Å². The van der Waals surface area contributed by atoms with E-state index in [2.05, 4.69) is 5.10 Å². The molecule has 74 valence electrons. The van der Waals surface area contributed by atoms with E-state index in [1.54, 1.807) is 0 Å². The Morgan fingerprint density at radius 3 is 2.85 bits per heavy atom. The SMILES string of the molecule is CC(F)(F)c1ccnn1CCCN. The Labute approximate surface area is 75.5 Å². The summed E-state index contributed by atoms with van der Waals surface area (Å²) in [6.45, 7) is 1.79. The molecule has 3 nitrogen and oxygen atoms in total. The molecule has 0 saturated carbocycles. The zero-order chi connectivity index (χ0) is 9.90. The van der Waals surface area contributed by atoms with Gasteiger partial charge in [-0.05, 0) is 19.0 Å². The maximum Gasteiger partial charge on any atom is 0.286 e. The summed E-state index contributed by atoms with van der Waals surface area (Å²) in [7, 11) is 0. The number of alkyl halides is 2. The average molecular weight is 189 g/mol. The van der Waals surface area contributed by atoms with Crippen molar-refractivity contribution >= 4 is 0 Å². The minimum absolute atomic E-state index is 0.0547. The van der Waals surface area contributed by atoms with Gasteiger partial charge in [-0.15, -0.1) is 0 Å². The fourth-order valence-electron chi connectivity index (χ4n) is 1.12. The first-order valence-corrected chi connectivity index (χ1v) is 4.16. The van der Waals surface area contributed by atoms with Crippen LogP contribution in [0, 0.1) is 0 Å². The highest BCUT2D eigenvalue weighted by molar-refractivity contribution is 5.06. The Morgan fingerprint density at radius 1 is 1.62 bits per heavy atom. The number of nitrogens with two attached hydrogens (primary N) is 1. The molecule has 0 saturated heterocycles. The summed E-state index contributed by atoms with van der Waals surface area (Å²) in [5, 5.41) is 3.80. The van der Waals surface area contributed by atoms with Gasteiger partial charge in [0.2, 0.25) is 0 Å². The Balaban J connectivity index is 2.77. The molecule has 0 atom stereocenters. The fraction of sp³-hybridized carbons (Fsp3) is 0.625. The van der Waals surface area contributed by atoms with Crippen LogP contribution in [0.4, 0.5) is 8.78 Å². The smallest absolute Gasteiger partial charge is 0.286 e. The van der Waals surface area contributed by atoms with Gasteiger partial charge in [-0.25, -0.2) is 0 Å². The van der Waals surface area contributed by atoms with E-state index in [4.69, 9.17) is 5.73 Å². The third kappa shape index (κ3) is 2.48. The van der Waals surface area contributed by atoms with Crippen LogP contribution in [-0.4, -0.2) is 16.3 Å². The molecule has 0 fully saturated rings. The molecule has 1 aromatic heterocycles. The van der Waals surface area contributed by atoms with Crippen molar-refractivity contribution in [3.8, 4) is 0 Å². The van der Waals surface area contributed by atoms with Gasteiger partial charge in [0.1, 0.15) is 5.69 Å². The van der Waals surface area contributed by atoms with E-state index in [1.807, 2.05) is 0 Å². The standard InChI is InChI=1S/C8H13F2N3/c1-8(9,10)7-3-5-12-13(7)6-2-4-11/h3,5H,2,4,6,11H2,1H3. The predicted molar refractivity (Wildman–Crippen MR) is 45.5 cm³/mol. The summed E-state index contributed by atoms with van der Waals surface area (Å²) in [6, 6.07) is 1.33. The van der Waals surface area contributed by atoms with Crippen LogP contribution >= 0.6 is 0 Å². The maximum absolute atomic E-state index is 12.9. The van der Waals surface area contributed by atoms with Gasteiger partial charge in [0.05, 0.1) is 0 Å². The van der Waals surface area contributed by atoms with Crippen molar-refractivity contribution in [3.63, 3.8) is 0 Å². The number of hydrogen-bond donors (Lipinski definition) is 1. The topological polar surface area (TPSA) is 43.8 Å².